The normalized spacial score (nSPS) is 11.1. The van der Waals surface area contributed by atoms with Crippen LogP contribution in [0.15, 0.2) is 59.0 Å². The summed E-state index contributed by atoms with van der Waals surface area (Å²) in [5, 5.41) is 23.1. The maximum absolute atomic E-state index is 12.2. The molecule has 0 spiro atoms. The molecule has 0 saturated carbocycles. The Kier molecular flexibility index (Phi) is 7.05. The van der Waals surface area contributed by atoms with E-state index in [0.717, 1.165) is 54.2 Å². The Morgan fingerprint density at radius 2 is 1.64 bits per heavy atom. The van der Waals surface area contributed by atoms with Crippen LogP contribution < -0.4 is 14.8 Å². The molecule has 0 fully saturated rings. The number of nitrogens with zero attached hydrogens (tertiary/aromatic N) is 3. The van der Waals surface area contributed by atoms with Crippen LogP contribution in [0.4, 0.5) is 11.4 Å². The first-order valence-electron chi connectivity index (χ1n) is 12.2. The number of nitro benzene ring substituents is 1. The van der Waals surface area contributed by atoms with Gasteiger partial charge in [0.2, 0.25) is 5.36 Å². The highest BCUT2D eigenvalue weighted by atomic mass is 16.6. The number of carboxylic acid groups (broad SMARTS) is 1. The summed E-state index contributed by atoms with van der Waals surface area (Å²) in [5.41, 5.74) is 3.06. The highest BCUT2D eigenvalue weighted by Crippen LogP contribution is 2.42. The highest BCUT2D eigenvalue weighted by molar-refractivity contribution is 6.08. The number of rotatable bonds is 8. The van der Waals surface area contributed by atoms with Crippen LogP contribution in [-0.4, -0.2) is 42.2 Å². The van der Waals surface area contributed by atoms with Gasteiger partial charge in [-0.05, 0) is 57.5 Å². The first-order chi connectivity index (χ1) is 17.3. The SMILES string of the molecule is CCN(CC)c1ccc2c(-c3ccc([N+](=O)[O-])cc3C(=O)O)c3ccc(=[N+](CC)CC)cc-3oc2c1. The van der Waals surface area contributed by atoms with E-state index < -0.39 is 10.9 Å². The lowest BCUT2D eigenvalue weighted by Crippen LogP contribution is -2.29. The van der Waals surface area contributed by atoms with E-state index in [4.69, 9.17) is 4.42 Å². The maximum atomic E-state index is 12.2. The molecule has 1 aliphatic carbocycles. The third kappa shape index (κ3) is 4.42. The van der Waals surface area contributed by atoms with Crippen LogP contribution in [-0.2, 0) is 0 Å². The average Bonchev–Trinajstić information content (AvgIpc) is 2.88. The molecule has 0 atom stereocenters. The van der Waals surface area contributed by atoms with Crippen LogP contribution in [0, 0.1) is 10.1 Å². The molecule has 8 heteroatoms. The van der Waals surface area contributed by atoms with Crippen LogP contribution in [0.1, 0.15) is 38.1 Å². The molecule has 0 radical (unpaired) electrons. The fourth-order valence-corrected chi connectivity index (χ4v) is 4.77. The first kappa shape index (κ1) is 24.9. The number of anilines is 1. The fraction of sp³-hybridized carbons (Fsp3) is 0.286. The zero-order chi connectivity index (χ0) is 26.0. The summed E-state index contributed by atoms with van der Waals surface area (Å²) in [4.78, 5) is 25.2. The Hall–Kier alpha value is -4.20. The van der Waals surface area contributed by atoms with Crippen molar-refractivity contribution >= 4 is 28.3 Å². The monoisotopic (exact) mass is 488 g/mol. The largest absolute Gasteiger partial charge is 0.478 e. The maximum Gasteiger partial charge on any atom is 0.336 e. The molecule has 2 aliphatic rings. The van der Waals surface area contributed by atoms with Crippen LogP contribution in [0.2, 0.25) is 0 Å². The lowest BCUT2D eigenvalue weighted by molar-refractivity contribution is -0.384. The van der Waals surface area contributed by atoms with Gasteiger partial charge in [-0.2, -0.15) is 0 Å². The predicted molar refractivity (Wildman–Crippen MR) is 142 cm³/mol. The molecule has 2 aromatic carbocycles. The molecule has 0 unspecified atom stereocenters. The minimum absolute atomic E-state index is 0.126. The molecule has 1 N–H and O–H groups in total. The molecule has 36 heavy (non-hydrogen) atoms. The van der Waals surface area contributed by atoms with Gasteiger partial charge in [-0.1, -0.05) is 0 Å². The molecule has 2 aromatic rings. The molecule has 4 rings (SSSR count). The molecule has 0 bridgehead atoms. The number of non-ortho nitro benzene ring substituents is 1. The Morgan fingerprint density at radius 3 is 2.25 bits per heavy atom. The van der Waals surface area contributed by atoms with E-state index in [1.807, 2.05) is 36.4 Å². The third-order valence-corrected chi connectivity index (χ3v) is 6.66. The minimum atomic E-state index is -1.23. The van der Waals surface area contributed by atoms with Crippen molar-refractivity contribution in [3.63, 3.8) is 0 Å². The van der Waals surface area contributed by atoms with Gasteiger partial charge < -0.3 is 14.4 Å². The lowest BCUT2D eigenvalue weighted by Gasteiger charge is -2.22. The van der Waals surface area contributed by atoms with E-state index in [9.17, 15) is 20.0 Å². The molecular weight excluding hydrogens is 458 g/mol. The highest BCUT2D eigenvalue weighted by Gasteiger charge is 2.24. The van der Waals surface area contributed by atoms with Gasteiger partial charge in [0, 0.05) is 59.6 Å². The van der Waals surface area contributed by atoms with Crippen LogP contribution >= 0.6 is 0 Å². The molecule has 0 amide bonds. The Morgan fingerprint density at radius 1 is 0.944 bits per heavy atom. The number of carboxylic acids is 1. The smallest absolute Gasteiger partial charge is 0.336 e. The van der Waals surface area contributed by atoms with Crippen LogP contribution in [0.5, 0.6) is 0 Å². The molecule has 8 nitrogen and oxygen atoms in total. The van der Waals surface area contributed by atoms with Crippen molar-refractivity contribution in [1.29, 1.82) is 0 Å². The summed E-state index contributed by atoms with van der Waals surface area (Å²) in [6.45, 7) is 11.7. The molecule has 0 aromatic heterocycles. The summed E-state index contributed by atoms with van der Waals surface area (Å²) in [7, 11) is 0. The standard InChI is InChI=1S/C28H29N3O5/c1-5-29(6-2)18-9-13-22-25(16-18)36-26-17-19(30(7-3)8-4)10-14-23(26)27(22)21-12-11-20(31(34)35)15-24(21)28(32)33/h9-17H,5-8H2,1-4H3/p+1. The van der Waals surface area contributed by atoms with Crippen LogP contribution in [0.25, 0.3) is 33.4 Å². The second kappa shape index (κ2) is 10.2. The van der Waals surface area contributed by atoms with Crippen molar-refractivity contribution < 1.29 is 19.2 Å². The molecule has 1 heterocycles. The number of carbonyl (C=O) groups is 1. The van der Waals surface area contributed by atoms with E-state index >= 15 is 0 Å². The van der Waals surface area contributed by atoms with E-state index in [1.54, 1.807) is 0 Å². The number of nitro groups is 1. The number of aromatic carboxylic acids is 1. The van der Waals surface area contributed by atoms with Gasteiger partial charge in [-0.15, -0.1) is 0 Å². The van der Waals surface area contributed by atoms with E-state index in [0.29, 0.717) is 22.5 Å². The van der Waals surface area contributed by atoms with Crippen molar-refractivity contribution in [3.05, 3.63) is 75.6 Å². The quantitative estimate of drug-likeness (QED) is 0.153. The Labute approximate surface area is 209 Å². The van der Waals surface area contributed by atoms with Gasteiger partial charge in [0.05, 0.1) is 16.6 Å². The Balaban J connectivity index is 2.14. The second-order valence-electron chi connectivity index (χ2n) is 8.47. The number of fused-ring (bicyclic) bond motifs is 2. The Bertz CT molecular complexity index is 1500. The topological polar surface area (TPSA) is 99.8 Å². The van der Waals surface area contributed by atoms with Gasteiger partial charge in [0.1, 0.15) is 24.4 Å². The molecule has 186 valence electrons. The minimum Gasteiger partial charge on any atom is -0.478 e. The van der Waals surface area contributed by atoms with Crippen molar-refractivity contribution in [2.45, 2.75) is 27.7 Å². The number of benzene rings is 3. The van der Waals surface area contributed by atoms with Gasteiger partial charge in [0.15, 0.2) is 0 Å². The zero-order valence-corrected chi connectivity index (χ0v) is 20.9. The third-order valence-electron chi connectivity index (χ3n) is 6.66. The first-order valence-corrected chi connectivity index (χ1v) is 12.2. The van der Waals surface area contributed by atoms with Gasteiger partial charge in [0.25, 0.3) is 5.69 Å². The van der Waals surface area contributed by atoms with Crippen molar-refractivity contribution in [3.8, 4) is 22.5 Å². The van der Waals surface area contributed by atoms with Crippen LogP contribution in [0.3, 0.4) is 0 Å². The number of hydrogen-bond donors (Lipinski definition) is 1. The second-order valence-corrected chi connectivity index (χ2v) is 8.47. The summed E-state index contributed by atoms with van der Waals surface area (Å²) in [6.07, 6.45) is 0. The van der Waals surface area contributed by atoms with E-state index in [2.05, 4.69) is 37.2 Å². The van der Waals surface area contributed by atoms with Crippen molar-refractivity contribution in [1.82, 2.24) is 4.58 Å². The summed E-state index contributed by atoms with van der Waals surface area (Å²) < 4.78 is 8.63. The average molecular weight is 489 g/mol. The predicted octanol–water partition coefficient (Wildman–Crippen LogP) is 5.47. The van der Waals surface area contributed by atoms with Gasteiger partial charge >= 0.3 is 5.97 Å². The molecule has 1 aliphatic heterocycles. The lowest BCUT2D eigenvalue weighted by atomic mass is 9.90. The molecular formula is C28H30N3O5+. The van der Waals surface area contributed by atoms with Crippen molar-refractivity contribution in [2.75, 3.05) is 31.1 Å². The summed E-state index contributed by atoms with van der Waals surface area (Å²) >= 11 is 0. The van der Waals surface area contributed by atoms with Gasteiger partial charge in [-0.3, -0.25) is 10.1 Å². The summed E-state index contributed by atoms with van der Waals surface area (Å²) in [6, 6.07) is 15.8. The summed E-state index contributed by atoms with van der Waals surface area (Å²) in [5.74, 6) is -0.608. The van der Waals surface area contributed by atoms with E-state index in [1.165, 1.54) is 12.1 Å². The molecule has 0 saturated heterocycles. The van der Waals surface area contributed by atoms with E-state index in [-0.39, 0.29) is 11.3 Å². The van der Waals surface area contributed by atoms with Crippen molar-refractivity contribution in [2.24, 2.45) is 0 Å². The fourth-order valence-electron chi connectivity index (χ4n) is 4.77. The van der Waals surface area contributed by atoms with Gasteiger partial charge in [-0.25, -0.2) is 9.37 Å². The zero-order valence-electron chi connectivity index (χ0n) is 20.9. The number of hydrogen-bond acceptors (Lipinski definition) is 5.